The highest BCUT2D eigenvalue weighted by Crippen LogP contribution is 2.19. The number of nitrogens with zero attached hydrogens (tertiary/aromatic N) is 2. The molecule has 0 aliphatic carbocycles. The molecule has 1 N–H and O–H groups in total. The first-order valence-electron chi connectivity index (χ1n) is 6.60. The molecule has 2 aromatic heterocycles. The fourth-order valence-electron chi connectivity index (χ4n) is 2.30. The summed E-state index contributed by atoms with van der Waals surface area (Å²) in [6, 6.07) is 7.90. The first-order valence-corrected chi connectivity index (χ1v) is 6.60. The van der Waals surface area contributed by atoms with Crippen LogP contribution < -0.4 is 5.32 Å². The molecule has 0 bridgehead atoms. The van der Waals surface area contributed by atoms with Crippen molar-refractivity contribution >= 4 is 16.5 Å². The van der Waals surface area contributed by atoms with Gasteiger partial charge in [0, 0.05) is 24.3 Å². The van der Waals surface area contributed by atoms with E-state index in [1.54, 1.807) is 12.4 Å². The average molecular weight is 285 g/mol. The Morgan fingerprint density at radius 3 is 2.57 bits per heavy atom. The summed E-state index contributed by atoms with van der Waals surface area (Å²) in [4.78, 5) is 7.57. The Kier molecular flexibility index (Phi) is 3.73. The lowest BCUT2D eigenvalue weighted by molar-refractivity contribution is 0.578. The lowest BCUT2D eigenvalue weighted by atomic mass is 10.0. The number of hydrogen-bond donors (Lipinski definition) is 1. The zero-order valence-corrected chi connectivity index (χ0v) is 11.2. The molecular weight excluding hydrogens is 272 g/mol. The summed E-state index contributed by atoms with van der Waals surface area (Å²) >= 11 is 0. The van der Waals surface area contributed by atoms with Gasteiger partial charge in [0.15, 0.2) is 11.6 Å². The molecule has 3 nitrogen and oxygen atoms in total. The van der Waals surface area contributed by atoms with Gasteiger partial charge in [-0.05, 0) is 23.4 Å². The largest absolute Gasteiger partial charge is 0.380 e. The molecule has 0 radical (unpaired) electrons. The van der Waals surface area contributed by atoms with Gasteiger partial charge in [-0.25, -0.2) is 8.78 Å². The number of halogens is 2. The number of fused-ring (bicyclic) bond motifs is 1. The Morgan fingerprint density at radius 2 is 1.76 bits per heavy atom. The minimum Gasteiger partial charge on any atom is -0.380 e. The third kappa shape index (κ3) is 2.81. The number of nitrogens with one attached hydrogen (secondary N) is 1. The molecule has 0 aliphatic rings. The average Bonchev–Trinajstić information content (AvgIpc) is 2.50. The van der Waals surface area contributed by atoms with Crippen molar-refractivity contribution in [2.45, 2.75) is 6.42 Å². The summed E-state index contributed by atoms with van der Waals surface area (Å²) < 4.78 is 26.9. The van der Waals surface area contributed by atoms with Gasteiger partial charge in [-0.3, -0.25) is 9.97 Å². The zero-order chi connectivity index (χ0) is 14.7. The summed E-state index contributed by atoms with van der Waals surface area (Å²) in [5.74, 6) is -1.37. The highest BCUT2D eigenvalue weighted by Gasteiger charge is 2.08. The van der Waals surface area contributed by atoms with Crippen LogP contribution in [0.4, 0.5) is 14.5 Å². The Bertz CT molecular complexity index is 749. The summed E-state index contributed by atoms with van der Waals surface area (Å²) in [6.07, 6.45) is 6.18. The molecule has 5 heteroatoms. The minimum absolute atomic E-state index is 0.136. The van der Waals surface area contributed by atoms with Crippen LogP contribution in [0.15, 0.2) is 49.1 Å². The van der Waals surface area contributed by atoms with E-state index >= 15 is 0 Å². The molecule has 106 valence electrons. The van der Waals surface area contributed by atoms with Crippen LogP contribution in [-0.2, 0) is 6.42 Å². The molecule has 2 heterocycles. The number of pyridine rings is 2. The standard InChI is InChI=1S/C16H13F2N3/c17-14-9-20-10-15(18)16(14)21-7-5-12-3-1-2-11-4-6-19-8-13(11)12/h1-4,6,8-10H,5,7H2,(H,20,21). The molecule has 0 saturated heterocycles. The minimum atomic E-state index is -0.686. The van der Waals surface area contributed by atoms with Gasteiger partial charge in [0.2, 0.25) is 0 Å². The third-order valence-corrected chi connectivity index (χ3v) is 3.32. The van der Waals surface area contributed by atoms with Gasteiger partial charge in [0.05, 0.1) is 12.4 Å². The van der Waals surface area contributed by atoms with Crippen molar-refractivity contribution in [3.05, 3.63) is 66.3 Å². The van der Waals surface area contributed by atoms with Crippen LogP contribution in [0.3, 0.4) is 0 Å². The molecule has 0 aliphatic heterocycles. The van der Waals surface area contributed by atoms with Crippen LogP contribution in [0, 0.1) is 11.6 Å². The van der Waals surface area contributed by atoms with Crippen molar-refractivity contribution < 1.29 is 8.78 Å². The molecule has 0 unspecified atom stereocenters. The van der Waals surface area contributed by atoms with E-state index < -0.39 is 11.6 Å². The number of hydrogen-bond acceptors (Lipinski definition) is 3. The van der Waals surface area contributed by atoms with Crippen molar-refractivity contribution in [3.8, 4) is 0 Å². The summed E-state index contributed by atoms with van der Waals surface area (Å²) in [5.41, 5.74) is 0.950. The predicted octanol–water partition coefficient (Wildman–Crippen LogP) is 3.56. The second kappa shape index (κ2) is 5.83. The molecule has 0 saturated carbocycles. The molecule has 0 atom stereocenters. The lowest BCUT2D eigenvalue weighted by Crippen LogP contribution is -2.08. The monoisotopic (exact) mass is 285 g/mol. The SMILES string of the molecule is Fc1cncc(F)c1NCCc1cccc2ccncc12. The summed E-state index contributed by atoms with van der Waals surface area (Å²) in [5, 5.41) is 4.94. The van der Waals surface area contributed by atoms with E-state index in [0.717, 1.165) is 28.7 Å². The number of rotatable bonds is 4. The molecule has 0 amide bonds. The second-order valence-electron chi connectivity index (χ2n) is 4.67. The maximum atomic E-state index is 13.5. The van der Waals surface area contributed by atoms with Crippen LogP contribution in [0.25, 0.3) is 10.8 Å². The normalized spacial score (nSPS) is 10.8. The number of benzene rings is 1. The van der Waals surface area contributed by atoms with Gasteiger partial charge >= 0.3 is 0 Å². The zero-order valence-electron chi connectivity index (χ0n) is 11.2. The third-order valence-electron chi connectivity index (χ3n) is 3.32. The Labute approximate surface area is 120 Å². The molecule has 3 rings (SSSR count). The van der Waals surface area contributed by atoms with E-state index in [1.165, 1.54) is 0 Å². The van der Waals surface area contributed by atoms with E-state index in [9.17, 15) is 8.78 Å². The predicted molar refractivity (Wildman–Crippen MR) is 78.1 cm³/mol. The van der Waals surface area contributed by atoms with Gasteiger partial charge in [0.25, 0.3) is 0 Å². The van der Waals surface area contributed by atoms with Crippen LogP contribution in [0.5, 0.6) is 0 Å². The van der Waals surface area contributed by atoms with E-state index in [0.29, 0.717) is 13.0 Å². The van der Waals surface area contributed by atoms with Gasteiger partial charge in [-0.2, -0.15) is 0 Å². The van der Waals surface area contributed by atoms with Gasteiger partial charge in [0.1, 0.15) is 5.69 Å². The van der Waals surface area contributed by atoms with Crippen LogP contribution in [0.2, 0.25) is 0 Å². The van der Waals surface area contributed by atoms with E-state index in [1.807, 2.05) is 24.3 Å². The van der Waals surface area contributed by atoms with Crippen LogP contribution in [-0.4, -0.2) is 16.5 Å². The second-order valence-corrected chi connectivity index (χ2v) is 4.67. The fraction of sp³-hybridized carbons (Fsp3) is 0.125. The Morgan fingerprint density at radius 1 is 0.952 bits per heavy atom. The first kappa shape index (κ1) is 13.4. The molecule has 0 spiro atoms. The van der Waals surface area contributed by atoms with E-state index in [2.05, 4.69) is 15.3 Å². The molecule has 0 fully saturated rings. The van der Waals surface area contributed by atoms with Crippen molar-refractivity contribution in [2.75, 3.05) is 11.9 Å². The van der Waals surface area contributed by atoms with Gasteiger partial charge < -0.3 is 5.32 Å². The Balaban J connectivity index is 1.76. The van der Waals surface area contributed by atoms with Crippen LogP contribution >= 0.6 is 0 Å². The summed E-state index contributed by atoms with van der Waals surface area (Å²) in [7, 11) is 0. The topological polar surface area (TPSA) is 37.8 Å². The van der Waals surface area contributed by atoms with Gasteiger partial charge in [-0.1, -0.05) is 18.2 Å². The highest BCUT2D eigenvalue weighted by atomic mass is 19.1. The van der Waals surface area contributed by atoms with Crippen LogP contribution in [0.1, 0.15) is 5.56 Å². The number of anilines is 1. The highest BCUT2D eigenvalue weighted by molar-refractivity contribution is 5.84. The van der Waals surface area contributed by atoms with E-state index in [4.69, 9.17) is 0 Å². The van der Waals surface area contributed by atoms with Crippen molar-refractivity contribution in [1.82, 2.24) is 9.97 Å². The Hall–Kier alpha value is -2.56. The fourth-order valence-corrected chi connectivity index (χ4v) is 2.30. The van der Waals surface area contributed by atoms with Crippen molar-refractivity contribution in [3.63, 3.8) is 0 Å². The quantitative estimate of drug-likeness (QED) is 0.796. The van der Waals surface area contributed by atoms with E-state index in [-0.39, 0.29) is 5.69 Å². The van der Waals surface area contributed by atoms with Crippen molar-refractivity contribution in [2.24, 2.45) is 0 Å². The maximum Gasteiger partial charge on any atom is 0.167 e. The first-order chi connectivity index (χ1) is 10.3. The lowest BCUT2D eigenvalue weighted by Gasteiger charge is -2.09. The molecule has 21 heavy (non-hydrogen) atoms. The number of aromatic nitrogens is 2. The smallest absolute Gasteiger partial charge is 0.167 e. The molecule has 3 aromatic rings. The molecular formula is C16H13F2N3. The summed E-state index contributed by atoms with van der Waals surface area (Å²) in [6.45, 7) is 0.422. The maximum absolute atomic E-state index is 13.5. The molecule has 1 aromatic carbocycles. The van der Waals surface area contributed by atoms with Gasteiger partial charge in [-0.15, -0.1) is 0 Å². The van der Waals surface area contributed by atoms with Crippen molar-refractivity contribution in [1.29, 1.82) is 0 Å².